The maximum absolute atomic E-state index is 12.4. The minimum Gasteiger partial charge on any atom is -0.312 e. The summed E-state index contributed by atoms with van der Waals surface area (Å²) in [5.41, 5.74) is 0. The van der Waals surface area contributed by atoms with E-state index in [2.05, 4.69) is 19.2 Å². The quantitative estimate of drug-likeness (QED) is 0.689. The van der Waals surface area contributed by atoms with E-state index in [0.29, 0.717) is 0 Å². The second-order valence-corrected chi connectivity index (χ2v) is 4.86. The first-order valence-electron chi connectivity index (χ1n) is 6.86. The summed E-state index contributed by atoms with van der Waals surface area (Å²) in [5, 5.41) is 3.38. The molecule has 0 bridgehead atoms. The number of nitrogens with one attached hydrogen (secondary N) is 1. The SMILES string of the molecule is CCCNC(CCC)C(CC)N(C)CC(F)(F)F. The summed E-state index contributed by atoms with van der Waals surface area (Å²) in [5.74, 6) is 0. The van der Waals surface area contributed by atoms with Crippen molar-refractivity contribution in [1.82, 2.24) is 10.2 Å². The minimum atomic E-state index is -4.12. The van der Waals surface area contributed by atoms with Gasteiger partial charge in [0.2, 0.25) is 0 Å². The zero-order valence-corrected chi connectivity index (χ0v) is 12.0. The molecule has 0 rings (SSSR count). The molecule has 0 fully saturated rings. The van der Waals surface area contributed by atoms with Crippen molar-refractivity contribution in [2.24, 2.45) is 0 Å². The molecule has 0 aromatic heterocycles. The van der Waals surface area contributed by atoms with Crippen LogP contribution in [0, 0.1) is 0 Å². The summed E-state index contributed by atoms with van der Waals surface area (Å²) < 4.78 is 37.3. The van der Waals surface area contributed by atoms with E-state index in [0.717, 1.165) is 32.2 Å². The van der Waals surface area contributed by atoms with Crippen LogP contribution < -0.4 is 5.32 Å². The Morgan fingerprint density at radius 3 is 2.11 bits per heavy atom. The van der Waals surface area contributed by atoms with Crippen LogP contribution in [0.25, 0.3) is 0 Å². The van der Waals surface area contributed by atoms with E-state index in [1.54, 1.807) is 7.05 Å². The Morgan fingerprint density at radius 1 is 1.11 bits per heavy atom. The maximum Gasteiger partial charge on any atom is 0.401 e. The number of hydrogen-bond donors (Lipinski definition) is 1. The molecule has 0 aliphatic heterocycles. The van der Waals surface area contributed by atoms with Gasteiger partial charge in [-0.2, -0.15) is 13.2 Å². The van der Waals surface area contributed by atoms with Gasteiger partial charge >= 0.3 is 6.18 Å². The van der Waals surface area contributed by atoms with Crippen molar-refractivity contribution in [3.05, 3.63) is 0 Å². The molecule has 2 nitrogen and oxygen atoms in total. The number of likely N-dealkylation sites (N-methyl/N-ethyl adjacent to an activating group) is 1. The molecule has 0 saturated carbocycles. The highest BCUT2D eigenvalue weighted by Crippen LogP contribution is 2.20. The number of halogens is 3. The molecule has 0 heterocycles. The molecule has 0 saturated heterocycles. The van der Waals surface area contributed by atoms with Gasteiger partial charge in [0.1, 0.15) is 0 Å². The van der Waals surface area contributed by atoms with Crippen LogP contribution in [0.15, 0.2) is 0 Å². The van der Waals surface area contributed by atoms with Crippen LogP contribution in [0.3, 0.4) is 0 Å². The van der Waals surface area contributed by atoms with E-state index in [-0.39, 0.29) is 12.1 Å². The molecular formula is C13H27F3N2. The summed E-state index contributed by atoms with van der Waals surface area (Å²) in [6.45, 7) is 6.11. The lowest BCUT2D eigenvalue weighted by molar-refractivity contribution is -0.148. The highest BCUT2D eigenvalue weighted by molar-refractivity contribution is 4.83. The van der Waals surface area contributed by atoms with Crippen LogP contribution in [-0.4, -0.2) is 43.3 Å². The molecular weight excluding hydrogens is 241 g/mol. The molecule has 2 atom stereocenters. The van der Waals surface area contributed by atoms with Crippen LogP contribution in [0.5, 0.6) is 0 Å². The van der Waals surface area contributed by atoms with Crippen LogP contribution in [0.1, 0.15) is 46.5 Å². The van der Waals surface area contributed by atoms with Gasteiger partial charge < -0.3 is 5.32 Å². The largest absolute Gasteiger partial charge is 0.401 e. The first-order valence-corrected chi connectivity index (χ1v) is 6.86. The monoisotopic (exact) mass is 268 g/mol. The first-order chi connectivity index (χ1) is 8.35. The molecule has 0 amide bonds. The molecule has 0 radical (unpaired) electrons. The van der Waals surface area contributed by atoms with Crippen molar-refractivity contribution in [3.8, 4) is 0 Å². The molecule has 1 N–H and O–H groups in total. The average molecular weight is 268 g/mol. The molecule has 18 heavy (non-hydrogen) atoms. The zero-order chi connectivity index (χ0) is 14.2. The fourth-order valence-corrected chi connectivity index (χ4v) is 2.37. The highest BCUT2D eigenvalue weighted by Gasteiger charge is 2.33. The van der Waals surface area contributed by atoms with Crippen molar-refractivity contribution in [3.63, 3.8) is 0 Å². The van der Waals surface area contributed by atoms with Gasteiger partial charge in [0, 0.05) is 12.1 Å². The molecule has 0 aromatic rings. The third-order valence-corrected chi connectivity index (χ3v) is 3.13. The van der Waals surface area contributed by atoms with Crippen molar-refractivity contribution in [2.75, 3.05) is 20.1 Å². The van der Waals surface area contributed by atoms with E-state index in [1.807, 2.05) is 6.92 Å². The van der Waals surface area contributed by atoms with Gasteiger partial charge in [-0.15, -0.1) is 0 Å². The van der Waals surface area contributed by atoms with E-state index in [1.165, 1.54) is 4.90 Å². The smallest absolute Gasteiger partial charge is 0.312 e. The Kier molecular flexibility index (Phi) is 8.61. The average Bonchev–Trinajstić information content (AvgIpc) is 2.24. The van der Waals surface area contributed by atoms with Crippen molar-refractivity contribution in [2.45, 2.75) is 64.7 Å². The lowest BCUT2D eigenvalue weighted by Gasteiger charge is -2.35. The van der Waals surface area contributed by atoms with Crippen LogP contribution in [0.2, 0.25) is 0 Å². The van der Waals surface area contributed by atoms with Crippen molar-refractivity contribution >= 4 is 0 Å². The predicted octanol–water partition coefficient (Wildman–Crippen LogP) is 3.43. The summed E-state index contributed by atoms with van der Waals surface area (Å²) in [6.07, 6.45) is -0.490. The molecule has 5 heteroatoms. The van der Waals surface area contributed by atoms with Crippen LogP contribution in [-0.2, 0) is 0 Å². The van der Waals surface area contributed by atoms with Gasteiger partial charge in [-0.25, -0.2) is 0 Å². The van der Waals surface area contributed by atoms with Gasteiger partial charge in [0.15, 0.2) is 0 Å². The van der Waals surface area contributed by atoms with Crippen molar-refractivity contribution < 1.29 is 13.2 Å². The normalized spacial score (nSPS) is 16.0. The topological polar surface area (TPSA) is 15.3 Å². The Hall–Kier alpha value is -0.290. The predicted molar refractivity (Wildman–Crippen MR) is 69.8 cm³/mol. The van der Waals surface area contributed by atoms with E-state index in [9.17, 15) is 13.2 Å². The lowest BCUT2D eigenvalue weighted by Crippen LogP contribution is -2.50. The fraction of sp³-hybridized carbons (Fsp3) is 1.00. The van der Waals surface area contributed by atoms with Crippen molar-refractivity contribution in [1.29, 1.82) is 0 Å². The summed E-state index contributed by atoms with van der Waals surface area (Å²) in [6, 6.07) is 0.0884. The maximum atomic E-state index is 12.4. The molecule has 0 aliphatic carbocycles. The van der Waals surface area contributed by atoms with E-state index in [4.69, 9.17) is 0 Å². The van der Waals surface area contributed by atoms with Crippen LogP contribution >= 0.6 is 0 Å². The second-order valence-electron chi connectivity index (χ2n) is 4.86. The molecule has 2 unspecified atom stereocenters. The zero-order valence-electron chi connectivity index (χ0n) is 12.0. The number of rotatable bonds is 9. The summed E-state index contributed by atoms with van der Waals surface area (Å²) in [4.78, 5) is 1.43. The number of hydrogen-bond acceptors (Lipinski definition) is 2. The van der Waals surface area contributed by atoms with E-state index >= 15 is 0 Å². The Balaban J connectivity index is 4.55. The Bertz CT molecular complexity index is 207. The van der Waals surface area contributed by atoms with Gasteiger partial charge in [-0.1, -0.05) is 27.2 Å². The number of alkyl halides is 3. The molecule has 110 valence electrons. The Morgan fingerprint density at radius 2 is 1.72 bits per heavy atom. The summed E-state index contributed by atoms with van der Waals surface area (Å²) in [7, 11) is 1.57. The third kappa shape index (κ3) is 7.21. The first kappa shape index (κ1) is 17.7. The number of nitrogens with zero attached hydrogens (tertiary/aromatic N) is 1. The molecule has 0 aromatic carbocycles. The van der Waals surface area contributed by atoms with Gasteiger partial charge in [0.25, 0.3) is 0 Å². The van der Waals surface area contributed by atoms with Gasteiger partial charge in [-0.3, -0.25) is 4.90 Å². The standard InChI is InChI=1S/C13H27F3N2/c1-5-8-11(17-9-6-2)12(7-3)18(4)10-13(14,15)16/h11-12,17H,5-10H2,1-4H3. The summed E-state index contributed by atoms with van der Waals surface area (Å²) >= 11 is 0. The minimum absolute atomic E-state index is 0.0573. The van der Waals surface area contributed by atoms with Gasteiger partial charge in [-0.05, 0) is 32.9 Å². The van der Waals surface area contributed by atoms with Gasteiger partial charge in [0.05, 0.1) is 6.54 Å². The fourth-order valence-electron chi connectivity index (χ4n) is 2.37. The van der Waals surface area contributed by atoms with Crippen LogP contribution in [0.4, 0.5) is 13.2 Å². The highest BCUT2D eigenvalue weighted by atomic mass is 19.4. The van der Waals surface area contributed by atoms with E-state index < -0.39 is 12.7 Å². The third-order valence-electron chi connectivity index (χ3n) is 3.13. The Labute approximate surface area is 109 Å². The lowest BCUT2D eigenvalue weighted by atomic mass is 9.99. The molecule has 0 spiro atoms. The second kappa shape index (κ2) is 8.75. The molecule has 0 aliphatic rings.